The molecule has 0 spiro atoms. The van der Waals surface area contributed by atoms with Gasteiger partial charge in [0.15, 0.2) is 0 Å². The van der Waals surface area contributed by atoms with E-state index in [1.54, 1.807) is 0 Å². The molecule has 1 heteroatoms. The van der Waals surface area contributed by atoms with Crippen LogP contribution in [0.25, 0.3) is 0 Å². The van der Waals surface area contributed by atoms with Crippen molar-refractivity contribution in [2.75, 3.05) is 6.61 Å². The molecule has 128 valence electrons. The lowest BCUT2D eigenvalue weighted by Gasteiger charge is -2.31. The van der Waals surface area contributed by atoms with Gasteiger partial charge in [0.1, 0.15) is 0 Å². The molecule has 0 amide bonds. The second kappa shape index (κ2) is 10.5. The highest BCUT2D eigenvalue weighted by Crippen LogP contribution is 2.36. The van der Waals surface area contributed by atoms with E-state index in [1.807, 2.05) is 0 Å². The first-order valence-corrected chi connectivity index (χ1v) is 10.1. The van der Waals surface area contributed by atoms with Crippen molar-refractivity contribution in [3.63, 3.8) is 0 Å². The fourth-order valence-electron chi connectivity index (χ4n) is 4.42. The van der Waals surface area contributed by atoms with Crippen molar-refractivity contribution in [2.24, 2.45) is 17.8 Å². The van der Waals surface area contributed by atoms with Crippen LogP contribution in [-0.2, 0) is 4.74 Å². The van der Waals surface area contributed by atoms with Crippen molar-refractivity contribution < 1.29 is 4.74 Å². The van der Waals surface area contributed by atoms with E-state index < -0.39 is 0 Å². The van der Waals surface area contributed by atoms with Crippen LogP contribution >= 0.6 is 0 Å². The van der Waals surface area contributed by atoms with Gasteiger partial charge < -0.3 is 4.74 Å². The van der Waals surface area contributed by atoms with Gasteiger partial charge in [-0.05, 0) is 82.5 Å². The summed E-state index contributed by atoms with van der Waals surface area (Å²) in [6.07, 6.45) is 22.4. The quantitative estimate of drug-likeness (QED) is 0.463. The number of hydrogen-bond acceptors (Lipinski definition) is 1. The molecule has 0 aromatic rings. The zero-order chi connectivity index (χ0) is 15.6. The molecule has 1 nitrogen and oxygen atoms in total. The Bertz CT molecular complexity index is 293. The molecule has 2 saturated carbocycles. The first-order valence-electron chi connectivity index (χ1n) is 10.1. The third-order valence-electron chi connectivity index (χ3n) is 5.93. The van der Waals surface area contributed by atoms with Gasteiger partial charge >= 0.3 is 0 Å². The van der Waals surface area contributed by atoms with Gasteiger partial charge in [0.05, 0.1) is 6.10 Å². The first kappa shape index (κ1) is 18.0. The van der Waals surface area contributed by atoms with Gasteiger partial charge in [0.2, 0.25) is 0 Å². The lowest BCUT2D eigenvalue weighted by molar-refractivity contribution is 0.0239. The van der Waals surface area contributed by atoms with E-state index >= 15 is 0 Å². The van der Waals surface area contributed by atoms with Crippen molar-refractivity contribution in [3.8, 4) is 0 Å². The van der Waals surface area contributed by atoms with Crippen LogP contribution in [0.3, 0.4) is 0 Å². The Kier molecular flexibility index (Phi) is 8.59. The zero-order valence-corrected chi connectivity index (χ0v) is 15.1. The molecule has 2 aliphatic rings. The minimum Gasteiger partial charge on any atom is -0.379 e. The van der Waals surface area contributed by atoms with Crippen LogP contribution in [0, 0.1) is 17.8 Å². The first-order chi connectivity index (χ1) is 10.8. The van der Waals surface area contributed by atoms with E-state index in [4.69, 9.17) is 4.74 Å². The lowest BCUT2D eigenvalue weighted by Crippen LogP contribution is -2.22. The van der Waals surface area contributed by atoms with Gasteiger partial charge in [-0.1, -0.05) is 38.3 Å². The minimum absolute atomic E-state index is 0.576. The molecule has 0 aliphatic heterocycles. The van der Waals surface area contributed by atoms with Crippen LogP contribution in [0.5, 0.6) is 0 Å². The summed E-state index contributed by atoms with van der Waals surface area (Å²) in [5.74, 6) is 2.92. The molecule has 0 heterocycles. The molecule has 0 radical (unpaired) electrons. The molecule has 2 rings (SSSR count). The summed E-state index contributed by atoms with van der Waals surface area (Å²) in [7, 11) is 0. The number of hydrogen-bond donors (Lipinski definition) is 0. The lowest BCUT2D eigenvalue weighted by atomic mass is 9.77. The summed E-state index contributed by atoms with van der Waals surface area (Å²) >= 11 is 0. The molecular weight excluding hydrogens is 268 g/mol. The Morgan fingerprint density at radius 3 is 1.95 bits per heavy atom. The standard InChI is InChI=1S/C21H38O/c1-3-5-6-7-18-8-10-19(11-9-18)12-13-20-14-16-21(17-15-20)22-4-2/h6-7,18-21H,3-5,8-17H2,1-2H3/b7-6+. The molecule has 22 heavy (non-hydrogen) atoms. The largest absolute Gasteiger partial charge is 0.379 e. The Hall–Kier alpha value is -0.300. The highest BCUT2D eigenvalue weighted by Gasteiger charge is 2.24. The van der Waals surface area contributed by atoms with Gasteiger partial charge in [0, 0.05) is 6.61 Å². The normalized spacial score (nSPS) is 33.4. The number of unbranched alkanes of at least 4 members (excludes halogenated alkanes) is 1. The number of rotatable bonds is 8. The second-order valence-electron chi connectivity index (χ2n) is 7.67. The van der Waals surface area contributed by atoms with Crippen LogP contribution < -0.4 is 0 Å². The van der Waals surface area contributed by atoms with E-state index in [1.165, 1.54) is 77.0 Å². The molecule has 2 aliphatic carbocycles. The summed E-state index contributed by atoms with van der Waals surface area (Å²) in [5.41, 5.74) is 0. The van der Waals surface area contributed by atoms with Gasteiger partial charge in [-0.15, -0.1) is 0 Å². The van der Waals surface area contributed by atoms with Crippen LogP contribution in [0.15, 0.2) is 12.2 Å². The molecule has 2 fully saturated rings. The van der Waals surface area contributed by atoms with Gasteiger partial charge in [0.25, 0.3) is 0 Å². The molecule has 0 bridgehead atoms. The van der Waals surface area contributed by atoms with Crippen LogP contribution in [0.4, 0.5) is 0 Å². The van der Waals surface area contributed by atoms with E-state index in [0.29, 0.717) is 6.10 Å². The zero-order valence-electron chi connectivity index (χ0n) is 15.1. The highest BCUT2D eigenvalue weighted by atomic mass is 16.5. The number of allylic oxidation sites excluding steroid dienone is 2. The van der Waals surface area contributed by atoms with Crippen molar-refractivity contribution >= 4 is 0 Å². The van der Waals surface area contributed by atoms with E-state index in [2.05, 4.69) is 26.0 Å². The van der Waals surface area contributed by atoms with Crippen molar-refractivity contribution in [3.05, 3.63) is 12.2 Å². The summed E-state index contributed by atoms with van der Waals surface area (Å²) in [5, 5.41) is 0. The molecule has 0 aromatic carbocycles. The molecule has 0 aromatic heterocycles. The van der Waals surface area contributed by atoms with E-state index in [9.17, 15) is 0 Å². The maximum absolute atomic E-state index is 5.77. The van der Waals surface area contributed by atoms with Crippen molar-refractivity contribution in [1.82, 2.24) is 0 Å². The Balaban J connectivity index is 1.55. The fraction of sp³-hybridized carbons (Fsp3) is 0.905. The van der Waals surface area contributed by atoms with Gasteiger partial charge in [-0.2, -0.15) is 0 Å². The molecule has 0 N–H and O–H groups in total. The van der Waals surface area contributed by atoms with Crippen LogP contribution in [0.2, 0.25) is 0 Å². The van der Waals surface area contributed by atoms with Crippen LogP contribution in [0.1, 0.15) is 90.9 Å². The monoisotopic (exact) mass is 306 g/mol. The van der Waals surface area contributed by atoms with Crippen molar-refractivity contribution in [2.45, 2.75) is 97.0 Å². The average molecular weight is 307 g/mol. The SMILES string of the molecule is CCC/C=C/C1CCC(CCC2CCC(OCC)CC2)CC1. The summed E-state index contributed by atoms with van der Waals surface area (Å²) in [6.45, 7) is 5.29. The third kappa shape index (κ3) is 6.44. The summed E-state index contributed by atoms with van der Waals surface area (Å²) < 4.78 is 5.77. The Morgan fingerprint density at radius 2 is 1.41 bits per heavy atom. The third-order valence-corrected chi connectivity index (χ3v) is 5.93. The topological polar surface area (TPSA) is 9.23 Å². The molecular formula is C21H38O. The summed E-state index contributed by atoms with van der Waals surface area (Å²) in [6, 6.07) is 0. The maximum atomic E-state index is 5.77. The minimum atomic E-state index is 0.576. The van der Waals surface area contributed by atoms with E-state index in [0.717, 1.165) is 24.4 Å². The summed E-state index contributed by atoms with van der Waals surface area (Å²) in [4.78, 5) is 0. The van der Waals surface area contributed by atoms with Crippen molar-refractivity contribution in [1.29, 1.82) is 0 Å². The van der Waals surface area contributed by atoms with E-state index in [-0.39, 0.29) is 0 Å². The van der Waals surface area contributed by atoms with Gasteiger partial charge in [-0.3, -0.25) is 0 Å². The van der Waals surface area contributed by atoms with Crippen LogP contribution in [-0.4, -0.2) is 12.7 Å². The predicted octanol–water partition coefficient (Wildman–Crippen LogP) is 6.52. The highest BCUT2D eigenvalue weighted by molar-refractivity contribution is 4.91. The Labute approximate surface area is 138 Å². The number of ether oxygens (including phenoxy) is 1. The van der Waals surface area contributed by atoms with Gasteiger partial charge in [-0.25, -0.2) is 0 Å². The molecule has 0 atom stereocenters. The fourth-order valence-corrected chi connectivity index (χ4v) is 4.42. The Morgan fingerprint density at radius 1 is 0.818 bits per heavy atom. The maximum Gasteiger partial charge on any atom is 0.0575 e. The molecule has 0 saturated heterocycles. The molecule has 0 unspecified atom stereocenters. The smallest absolute Gasteiger partial charge is 0.0575 e. The average Bonchev–Trinajstić information content (AvgIpc) is 2.56. The second-order valence-corrected chi connectivity index (χ2v) is 7.67. The predicted molar refractivity (Wildman–Crippen MR) is 96.1 cm³/mol.